The molecule has 0 saturated heterocycles. The van der Waals surface area contributed by atoms with Gasteiger partial charge in [0, 0.05) is 12.8 Å². The normalized spacial score (nSPS) is 22.3. The number of esters is 2. The zero-order valence-electron chi connectivity index (χ0n) is 36.4. The van der Waals surface area contributed by atoms with Gasteiger partial charge in [0.05, 0.1) is 6.61 Å². The number of unbranched alkanes of at least 4 members (excludes halogenated alkanes) is 24. The van der Waals surface area contributed by atoms with Crippen molar-refractivity contribution in [2.75, 3.05) is 13.2 Å². The van der Waals surface area contributed by atoms with Crippen molar-refractivity contribution in [1.82, 2.24) is 0 Å². The molecule has 0 aromatic carbocycles. The van der Waals surface area contributed by atoms with Crippen molar-refractivity contribution in [3.05, 3.63) is 24.8 Å². The Hall–Kier alpha value is -1.67. The number of carbonyl (C=O) groups excluding carboxylic acids is 2. The lowest BCUT2D eigenvalue weighted by molar-refractivity contribution is -0.220. The van der Waals surface area contributed by atoms with E-state index in [1.54, 1.807) is 0 Å². The second-order valence-electron chi connectivity index (χ2n) is 16.3. The van der Waals surface area contributed by atoms with Crippen molar-refractivity contribution in [3.8, 4) is 0 Å². The van der Waals surface area contributed by atoms with E-state index in [2.05, 4.69) is 25.7 Å². The Labute approximate surface area is 356 Å². The molecular formula is C45H83O13P. The molecule has 1 aliphatic carbocycles. The van der Waals surface area contributed by atoms with Crippen molar-refractivity contribution in [2.45, 2.75) is 236 Å². The molecule has 0 heterocycles. The highest BCUT2D eigenvalue weighted by Gasteiger charge is 2.51. The zero-order chi connectivity index (χ0) is 43.6. The fourth-order valence-corrected chi connectivity index (χ4v) is 8.12. The van der Waals surface area contributed by atoms with E-state index in [0.29, 0.717) is 12.8 Å². The Morgan fingerprint density at radius 1 is 0.559 bits per heavy atom. The summed E-state index contributed by atoms with van der Waals surface area (Å²) in [7, 11) is -5.12. The highest BCUT2D eigenvalue weighted by atomic mass is 31.2. The van der Waals surface area contributed by atoms with Gasteiger partial charge in [-0.3, -0.25) is 18.6 Å². The molecule has 0 aliphatic heterocycles. The van der Waals surface area contributed by atoms with Crippen LogP contribution in [-0.2, 0) is 32.7 Å². The molecular weight excluding hydrogens is 779 g/mol. The minimum atomic E-state index is -5.12. The second-order valence-corrected chi connectivity index (χ2v) is 17.7. The molecule has 6 unspecified atom stereocenters. The van der Waals surface area contributed by atoms with Crippen LogP contribution in [0.15, 0.2) is 24.8 Å². The monoisotopic (exact) mass is 863 g/mol. The fraction of sp³-hybridized carbons (Fsp3) is 0.867. The van der Waals surface area contributed by atoms with E-state index in [-0.39, 0.29) is 12.8 Å². The maximum atomic E-state index is 12.8. The Bertz CT molecular complexity index is 1120. The van der Waals surface area contributed by atoms with Crippen LogP contribution in [0.25, 0.3) is 0 Å². The summed E-state index contributed by atoms with van der Waals surface area (Å²) >= 11 is 0. The van der Waals surface area contributed by atoms with Crippen molar-refractivity contribution in [3.63, 3.8) is 0 Å². The Morgan fingerprint density at radius 3 is 1.41 bits per heavy atom. The molecule has 8 atom stereocenters. The van der Waals surface area contributed by atoms with Crippen molar-refractivity contribution in [2.24, 2.45) is 0 Å². The predicted octanol–water partition coefficient (Wildman–Crippen LogP) is 8.84. The molecule has 346 valence electrons. The molecule has 6 N–H and O–H groups in total. The molecule has 0 radical (unpaired) electrons. The zero-order valence-corrected chi connectivity index (χ0v) is 37.3. The molecule has 13 nitrogen and oxygen atoms in total. The Morgan fingerprint density at radius 2 is 0.949 bits per heavy atom. The van der Waals surface area contributed by atoms with Gasteiger partial charge in [-0.25, -0.2) is 4.57 Å². The Kier molecular flexibility index (Phi) is 33.7. The minimum Gasteiger partial charge on any atom is -0.462 e. The average molecular weight is 863 g/mol. The maximum absolute atomic E-state index is 12.8. The van der Waals surface area contributed by atoms with E-state index in [9.17, 15) is 44.6 Å². The van der Waals surface area contributed by atoms with E-state index >= 15 is 0 Å². The summed E-state index contributed by atoms with van der Waals surface area (Å²) < 4.78 is 33.5. The Balaban J connectivity index is 2.45. The molecule has 1 rings (SSSR count). The lowest BCUT2D eigenvalue weighted by Gasteiger charge is -2.41. The number of phosphoric ester groups is 1. The van der Waals surface area contributed by atoms with Gasteiger partial charge in [-0.1, -0.05) is 147 Å². The number of hydrogen-bond donors (Lipinski definition) is 6. The third-order valence-corrected chi connectivity index (χ3v) is 11.9. The van der Waals surface area contributed by atoms with Gasteiger partial charge >= 0.3 is 19.8 Å². The van der Waals surface area contributed by atoms with Crippen molar-refractivity contribution < 1.29 is 63.1 Å². The van der Waals surface area contributed by atoms with Gasteiger partial charge < -0.3 is 39.9 Å². The number of aliphatic hydroxyl groups is 5. The van der Waals surface area contributed by atoms with Crippen LogP contribution < -0.4 is 0 Å². The summed E-state index contributed by atoms with van der Waals surface area (Å²) in [6.07, 6.45) is 24.1. The summed E-state index contributed by atoms with van der Waals surface area (Å²) in [4.78, 5) is 35.7. The number of hydrogen-bond acceptors (Lipinski definition) is 12. The van der Waals surface area contributed by atoms with Crippen LogP contribution in [-0.4, -0.2) is 98.3 Å². The molecule has 0 aromatic rings. The molecule has 1 fully saturated rings. The first kappa shape index (κ1) is 55.3. The first-order valence-electron chi connectivity index (χ1n) is 23.1. The number of carbonyl (C=O) groups is 2. The van der Waals surface area contributed by atoms with E-state index in [0.717, 1.165) is 70.6 Å². The molecule has 0 spiro atoms. The van der Waals surface area contributed by atoms with Gasteiger partial charge in [0.25, 0.3) is 0 Å². The summed E-state index contributed by atoms with van der Waals surface area (Å²) in [5, 5.41) is 50.1. The number of allylic oxidation sites excluding steroid dienone is 3. The van der Waals surface area contributed by atoms with Gasteiger partial charge in [0.1, 0.15) is 43.2 Å². The summed E-state index contributed by atoms with van der Waals surface area (Å²) in [6.45, 7) is 4.82. The number of phosphoric acid groups is 1. The predicted molar refractivity (Wildman–Crippen MR) is 230 cm³/mol. The minimum absolute atomic E-state index is 0.0952. The van der Waals surface area contributed by atoms with Crippen LogP contribution in [0.4, 0.5) is 0 Å². The lowest BCUT2D eigenvalue weighted by Crippen LogP contribution is -2.64. The largest absolute Gasteiger partial charge is 0.472 e. The van der Waals surface area contributed by atoms with Crippen molar-refractivity contribution in [1.29, 1.82) is 0 Å². The van der Waals surface area contributed by atoms with Crippen LogP contribution in [0, 0.1) is 0 Å². The molecule has 59 heavy (non-hydrogen) atoms. The first-order chi connectivity index (χ1) is 28.4. The van der Waals surface area contributed by atoms with Gasteiger partial charge in [-0.15, -0.1) is 6.58 Å². The van der Waals surface area contributed by atoms with Crippen molar-refractivity contribution >= 4 is 19.8 Å². The molecule has 1 saturated carbocycles. The average Bonchev–Trinajstić information content (AvgIpc) is 3.21. The topological polar surface area (TPSA) is 210 Å². The molecule has 0 amide bonds. The molecule has 0 aromatic heterocycles. The van der Waals surface area contributed by atoms with Gasteiger partial charge in [-0.2, -0.15) is 0 Å². The van der Waals surface area contributed by atoms with Gasteiger partial charge in [0.2, 0.25) is 0 Å². The summed E-state index contributed by atoms with van der Waals surface area (Å²) in [5.74, 6) is -1.11. The van der Waals surface area contributed by atoms with E-state index in [1.807, 2.05) is 6.08 Å². The van der Waals surface area contributed by atoms with Crippen LogP contribution in [0.3, 0.4) is 0 Å². The SMILES string of the molecule is C=CCCCCCCCCCCCCCCCC(=O)O[C@H](COC(=O)CCCCCCC/C=C/CCCCCCCC)COP(=O)(O)OC1C(O)C(O)C(O)[C@@H](O)C1O. The highest BCUT2D eigenvalue weighted by molar-refractivity contribution is 7.47. The lowest BCUT2D eigenvalue weighted by atomic mass is 9.85. The third kappa shape index (κ3) is 28.5. The maximum Gasteiger partial charge on any atom is 0.472 e. The number of ether oxygens (including phenoxy) is 2. The number of rotatable bonds is 39. The van der Waals surface area contributed by atoms with E-state index in [1.165, 1.54) is 89.9 Å². The summed E-state index contributed by atoms with van der Waals surface area (Å²) in [5.41, 5.74) is 0. The van der Waals surface area contributed by atoms with E-state index < -0.39 is 75.7 Å². The highest BCUT2D eigenvalue weighted by Crippen LogP contribution is 2.47. The summed E-state index contributed by atoms with van der Waals surface area (Å²) in [6, 6.07) is 0. The quantitative estimate of drug-likeness (QED) is 0.0148. The van der Waals surface area contributed by atoms with Gasteiger partial charge in [0.15, 0.2) is 6.10 Å². The van der Waals surface area contributed by atoms with E-state index in [4.69, 9.17) is 18.5 Å². The molecule has 0 bridgehead atoms. The smallest absolute Gasteiger partial charge is 0.462 e. The van der Waals surface area contributed by atoms with Gasteiger partial charge in [-0.05, 0) is 51.4 Å². The second kappa shape index (κ2) is 35.9. The van der Waals surface area contributed by atoms with Crippen LogP contribution in [0.5, 0.6) is 0 Å². The molecule has 14 heteroatoms. The van der Waals surface area contributed by atoms with Crippen LogP contribution in [0.1, 0.15) is 193 Å². The van der Waals surface area contributed by atoms with Crippen LogP contribution in [0.2, 0.25) is 0 Å². The third-order valence-electron chi connectivity index (χ3n) is 10.9. The van der Waals surface area contributed by atoms with Crippen LogP contribution >= 0.6 is 7.82 Å². The first-order valence-corrected chi connectivity index (χ1v) is 24.6. The standard InChI is InChI=1S/C45H83O13P/c1-3-5-7-9-11-13-15-17-19-21-23-25-27-29-31-33-38(46)55-35-37(36-56-59(53,54)58-45-43(51)41(49)40(48)42(50)44(45)52)57-39(47)34-32-30-28-26-24-22-20-18-16-14-12-10-8-6-4-2/h4,17,19,37,40-45,48-52H,2-3,5-16,18,20-36H2,1H3,(H,53,54)/b19-17+/t37-,40?,41-,42?,43?,44?,45?/m1/s1. The fourth-order valence-electron chi connectivity index (χ4n) is 7.14. The number of aliphatic hydroxyl groups excluding tert-OH is 5. The molecule has 1 aliphatic rings.